The first-order valence-corrected chi connectivity index (χ1v) is 8.72. The van der Waals surface area contributed by atoms with Crippen molar-refractivity contribution in [3.8, 4) is 0 Å². The van der Waals surface area contributed by atoms with Crippen LogP contribution >= 0.6 is 34.5 Å². The number of benzene rings is 1. The smallest absolute Gasteiger partial charge is 0.275 e. The molecule has 22 heavy (non-hydrogen) atoms. The van der Waals surface area contributed by atoms with Crippen molar-refractivity contribution < 1.29 is 10.1 Å². The van der Waals surface area contributed by atoms with Crippen molar-refractivity contribution in [3.05, 3.63) is 56.2 Å². The predicted molar refractivity (Wildman–Crippen MR) is 92.5 cm³/mol. The third-order valence-electron chi connectivity index (χ3n) is 3.46. The summed E-state index contributed by atoms with van der Waals surface area (Å²) in [6.45, 7) is 4.39. The third-order valence-corrected chi connectivity index (χ3v) is 5.09. The van der Waals surface area contributed by atoms with E-state index in [0.717, 1.165) is 5.56 Å². The molecule has 0 saturated carbocycles. The zero-order valence-corrected chi connectivity index (χ0v) is 14.8. The van der Waals surface area contributed by atoms with E-state index in [1.807, 2.05) is 29.8 Å². The predicted octanol–water partition coefficient (Wildman–Crippen LogP) is 3.56. The first-order valence-electron chi connectivity index (χ1n) is 7.08. The van der Waals surface area contributed by atoms with Gasteiger partial charge in [0.15, 0.2) is 6.54 Å². The van der Waals surface area contributed by atoms with Crippen LogP contribution in [-0.4, -0.2) is 12.5 Å². The van der Waals surface area contributed by atoms with E-state index in [9.17, 15) is 4.79 Å². The summed E-state index contributed by atoms with van der Waals surface area (Å²) in [7, 11) is 0. The summed E-state index contributed by atoms with van der Waals surface area (Å²) in [5.41, 5.74) is 0.866. The molecule has 0 spiro atoms. The lowest BCUT2D eigenvalue weighted by molar-refractivity contribution is -0.682. The van der Waals surface area contributed by atoms with Crippen LogP contribution in [0.15, 0.2) is 35.7 Å². The van der Waals surface area contributed by atoms with Gasteiger partial charge in [-0.15, -0.1) is 11.3 Å². The van der Waals surface area contributed by atoms with E-state index in [2.05, 4.69) is 18.3 Å². The van der Waals surface area contributed by atoms with E-state index < -0.39 is 0 Å². The summed E-state index contributed by atoms with van der Waals surface area (Å²) in [5, 5.41) is 8.19. The molecule has 1 heterocycles. The molecule has 0 bridgehead atoms. The molecule has 0 aliphatic rings. The number of thiophene rings is 1. The number of rotatable bonds is 6. The van der Waals surface area contributed by atoms with Crippen molar-refractivity contribution in [2.45, 2.75) is 25.9 Å². The van der Waals surface area contributed by atoms with Crippen LogP contribution in [-0.2, 0) is 4.79 Å². The van der Waals surface area contributed by atoms with Crippen molar-refractivity contribution in [2.75, 3.05) is 6.54 Å². The lowest BCUT2D eigenvalue weighted by Gasteiger charge is -2.16. The largest absolute Gasteiger partial charge is 0.345 e. The van der Waals surface area contributed by atoms with Gasteiger partial charge in [-0.05, 0) is 43.0 Å². The Bertz CT molecular complexity index is 631. The standard InChI is InChI=1S/C16H18Cl2N2OS/c1-10(13-6-5-12(17)8-14(13)18)20-16(21)9-19-11(2)15-4-3-7-22-15/h3-8,10-11,19H,9H2,1-2H3,(H,20,21)/p+1/t10-,11-/m0/s1. The van der Waals surface area contributed by atoms with Gasteiger partial charge in [-0.25, -0.2) is 0 Å². The summed E-state index contributed by atoms with van der Waals surface area (Å²) in [4.78, 5) is 13.3. The van der Waals surface area contributed by atoms with Gasteiger partial charge >= 0.3 is 0 Å². The van der Waals surface area contributed by atoms with Gasteiger partial charge in [-0.3, -0.25) is 4.79 Å². The van der Waals surface area contributed by atoms with Gasteiger partial charge in [-0.1, -0.05) is 35.3 Å². The molecular formula is C16H19Cl2N2OS+. The van der Waals surface area contributed by atoms with E-state index in [0.29, 0.717) is 16.6 Å². The van der Waals surface area contributed by atoms with E-state index >= 15 is 0 Å². The molecule has 0 unspecified atom stereocenters. The first-order chi connectivity index (χ1) is 10.5. The van der Waals surface area contributed by atoms with E-state index in [4.69, 9.17) is 23.2 Å². The molecule has 6 heteroatoms. The molecule has 2 atom stereocenters. The minimum atomic E-state index is -0.150. The molecule has 1 amide bonds. The van der Waals surface area contributed by atoms with E-state index in [1.54, 1.807) is 23.5 Å². The Hall–Kier alpha value is -1.07. The van der Waals surface area contributed by atoms with Gasteiger partial charge < -0.3 is 10.6 Å². The van der Waals surface area contributed by atoms with E-state index in [1.165, 1.54) is 4.88 Å². The number of carbonyl (C=O) groups is 1. The van der Waals surface area contributed by atoms with Crippen molar-refractivity contribution in [1.82, 2.24) is 5.32 Å². The van der Waals surface area contributed by atoms with Crippen LogP contribution in [0, 0.1) is 0 Å². The SMILES string of the molecule is C[C@H](NC(=O)C[NH2+][C@@H](C)c1cccs1)c1ccc(Cl)cc1Cl. The second kappa shape index (κ2) is 7.97. The molecule has 0 aliphatic carbocycles. The minimum absolute atomic E-state index is 0.0121. The van der Waals surface area contributed by atoms with Gasteiger partial charge in [0.25, 0.3) is 5.91 Å². The number of halogens is 2. The van der Waals surface area contributed by atoms with Gasteiger partial charge in [0.1, 0.15) is 6.04 Å². The Labute approximate surface area is 144 Å². The molecule has 118 valence electrons. The molecule has 3 N–H and O–H groups in total. The van der Waals surface area contributed by atoms with Crippen molar-refractivity contribution in [1.29, 1.82) is 0 Å². The number of nitrogens with two attached hydrogens (primary N) is 1. The summed E-state index contributed by atoms with van der Waals surface area (Å²) in [5.74, 6) is -0.0121. The number of carbonyl (C=O) groups excluding carboxylic acids is 1. The fourth-order valence-corrected chi connectivity index (χ4v) is 3.54. The van der Waals surface area contributed by atoms with Crippen LogP contribution in [0.2, 0.25) is 10.0 Å². The van der Waals surface area contributed by atoms with E-state index in [-0.39, 0.29) is 18.0 Å². The second-order valence-electron chi connectivity index (χ2n) is 5.20. The Kier molecular flexibility index (Phi) is 6.26. The van der Waals surface area contributed by atoms with Crippen LogP contribution in [0.25, 0.3) is 0 Å². The number of quaternary nitrogens is 1. The molecule has 2 aromatic rings. The highest BCUT2D eigenvalue weighted by atomic mass is 35.5. The minimum Gasteiger partial charge on any atom is -0.345 e. The van der Waals surface area contributed by atoms with Crippen molar-refractivity contribution in [2.24, 2.45) is 0 Å². The Morgan fingerprint density at radius 1 is 1.32 bits per heavy atom. The number of nitrogens with one attached hydrogen (secondary N) is 1. The fraction of sp³-hybridized carbons (Fsp3) is 0.312. The zero-order valence-electron chi connectivity index (χ0n) is 12.5. The van der Waals surface area contributed by atoms with Crippen LogP contribution in [0.5, 0.6) is 0 Å². The highest BCUT2D eigenvalue weighted by Gasteiger charge is 2.16. The highest BCUT2D eigenvalue weighted by molar-refractivity contribution is 7.10. The van der Waals surface area contributed by atoms with Crippen molar-refractivity contribution in [3.63, 3.8) is 0 Å². The molecular weight excluding hydrogens is 339 g/mol. The number of hydrogen-bond acceptors (Lipinski definition) is 2. The third kappa shape index (κ3) is 4.71. The molecule has 3 nitrogen and oxygen atoms in total. The average Bonchev–Trinajstić information content (AvgIpc) is 2.98. The maximum Gasteiger partial charge on any atom is 0.275 e. The summed E-state index contributed by atoms with van der Waals surface area (Å²) in [6.07, 6.45) is 0. The maximum atomic E-state index is 12.1. The molecule has 0 radical (unpaired) electrons. The molecule has 0 saturated heterocycles. The Morgan fingerprint density at radius 3 is 2.73 bits per heavy atom. The molecule has 1 aromatic carbocycles. The van der Waals surface area contributed by atoms with Gasteiger partial charge in [0.2, 0.25) is 0 Å². The number of hydrogen-bond donors (Lipinski definition) is 2. The number of amides is 1. The van der Waals surface area contributed by atoms with Gasteiger partial charge in [0, 0.05) is 10.0 Å². The lowest BCUT2D eigenvalue weighted by atomic mass is 10.1. The summed E-state index contributed by atoms with van der Waals surface area (Å²) < 4.78 is 0. The molecule has 2 rings (SSSR count). The van der Waals surface area contributed by atoms with Crippen LogP contribution in [0.4, 0.5) is 0 Å². The monoisotopic (exact) mass is 357 g/mol. The maximum absolute atomic E-state index is 12.1. The fourth-order valence-electron chi connectivity index (χ4n) is 2.18. The van der Waals surface area contributed by atoms with Gasteiger partial charge in [0.05, 0.1) is 10.9 Å². The molecule has 0 aliphatic heterocycles. The first kappa shape index (κ1) is 17.3. The summed E-state index contributed by atoms with van der Waals surface area (Å²) in [6, 6.07) is 9.54. The normalized spacial score (nSPS) is 13.6. The Morgan fingerprint density at radius 2 is 2.09 bits per heavy atom. The Balaban J connectivity index is 1.86. The average molecular weight is 358 g/mol. The quantitative estimate of drug-likeness (QED) is 0.815. The molecule has 1 aromatic heterocycles. The lowest BCUT2D eigenvalue weighted by Crippen LogP contribution is -2.86. The van der Waals surface area contributed by atoms with Crippen LogP contribution < -0.4 is 10.6 Å². The molecule has 0 fully saturated rings. The van der Waals surface area contributed by atoms with Gasteiger partial charge in [-0.2, -0.15) is 0 Å². The zero-order chi connectivity index (χ0) is 16.1. The van der Waals surface area contributed by atoms with Crippen LogP contribution in [0.3, 0.4) is 0 Å². The highest BCUT2D eigenvalue weighted by Crippen LogP contribution is 2.25. The van der Waals surface area contributed by atoms with Crippen molar-refractivity contribution >= 4 is 40.4 Å². The topological polar surface area (TPSA) is 45.7 Å². The second-order valence-corrected chi connectivity index (χ2v) is 7.02. The summed E-state index contributed by atoms with van der Waals surface area (Å²) >= 11 is 13.7. The van der Waals surface area contributed by atoms with Crippen LogP contribution in [0.1, 0.15) is 36.4 Å².